The van der Waals surface area contributed by atoms with E-state index in [4.69, 9.17) is 42.6 Å². The summed E-state index contributed by atoms with van der Waals surface area (Å²) in [5, 5.41) is 5.58. The second kappa shape index (κ2) is 33.1. The van der Waals surface area contributed by atoms with Crippen molar-refractivity contribution >= 4 is 75.4 Å². The standard InChI is InChI=1S/C67H76N6O20S/c1-42(74)89-59-60(90-43(2)75)62(91-44(3)76)65(93-61(59)64(80)85-5)92-56-25-23-47(35-55(56)70-58(78)38-71(4)66(81)87-40-54-52-21-9-7-19-50(52)51-20-8-10-22-53(51)54)39-86-67(82)73(33-34-94(6,83)84)41-88-49-18-13-17-48(36-49)63(79)72-31-27-45(28-32-72)15-11-12-30-69-57(77)26-24-46-16-14-29-68-37-46/h7-10,13-14,16-26,29,35-37,45,54,59-62,65H,11-12,15,27-28,30-34,38-41H2,1-6H3,(H,69,77)(H,70,78)/b26-24+/t59-,60-,61-,62+,65+/m0/s1. The van der Waals surface area contributed by atoms with Gasteiger partial charge in [-0.3, -0.25) is 38.7 Å². The van der Waals surface area contributed by atoms with Crippen molar-refractivity contribution in [2.24, 2.45) is 5.92 Å². The van der Waals surface area contributed by atoms with E-state index in [1.165, 1.54) is 37.4 Å². The Labute approximate surface area is 544 Å². The van der Waals surface area contributed by atoms with Crippen molar-refractivity contribution in [3.8, 4) is 22.6 Å². The zero-order valence-electron chi connectivity index (χ0n) is 52.9. The highest BCUT2D eigenvalue weighted by molar-refractivity contribution is 7.90. The average molecular weight is 1320 g/mol. The fourth-order valence-electron chi connectivity index (χ4n) is 11.0. The number of methoxy groups -OCH3 is 1. The van der Waals surface area contributed by atoms with Crippen molar-refractivity contribution in [2.75, 3.05) is 77.5 Å². The summed E-state index contributed by atoms with van der Waals surface area (Å²) in [4.78, 5) is 126. The number of esters is 4. The van der Waals surface area contributed by atoms with Crippen LogP contribution in [0.3, 0.4) is 0 Å². The molecule has 1 aromatic heterocycles. The molecule has 0 bridgehead atoms. The number of pyridine rings is 1. The molecule has 5 atom stereocenters. The molecule has 2 saturated heterocycles. The maximum atomic E-state index is 14.1. The van der Waals surface area contributed by atoms with Gasteiger partial charge in [0.25, 0.3) is 5.91 Å². The van der Waals surface area contributed by atoms with Crippen LogP contribution in [0.25, 0.3) is 17.2 Å². The zero-order chi connectivity index (χ0) is 67.5. The van der Waals surface area contributed by atoms with E-state index in [0.29, 0.717) is 31.1 Å². The molecule has 0 unspecified atom stereocenters. The summed E-state index contributed by atoms with van der Waals surface area (Å²) in [6.07, 6.45) is 1.01. The first-order valence-corrected chi connectivity index (χ1v) is 32.5. The maximum Gasteiger partial charge on any atom is 0.412 e. The summed E-state index contributed by atoms with van der Waals surface area (Å²) in [5.41, 5.74) is 5.14. The predicted octanol–water partition coefficient (Wildman–Crippen LogP) is 6.84. The number of sulfone groups is 1. The Balaban J connectivity index is 0.935. The third-order valence-electron chi connectivity index (χ3n) is 15.6. The van der Waals surface area contributed by atoms with E-state index >= 15 is 0 Å². The highest BCUT2D eigenvalue weighted by Crippen LogP contribution is 2.45. The van der Waals surface area contributed by atoms with Crippen LogP contribution in [0.1, 0.15) is 91.4 Å². The fourth-order valence-corrected chi connectivity index (χ4v) is 11.6. The van der Waals surface area contributed by atoms with E-state index in [2.05, 4.69) is 15.6 Å². The van der Waals surface area contributed by atoms with Crippen molar-refractivity contribution in [1.29, 1.82) is 0 Å². The first-order chi connectivity index (χ1) is 45.0. The molecule has 0 radical (unpaired) electrons. The number of rotatable bonds is 27. The number of amides is 5. The number of anilines is 1. The normalized spacial score (nSPS) is 17.7. The Hall–Kier alpha value is -9.89. The number of likely N-dealkylation sites (tertiary alicyclic amines) is 1. The first kappa shape index (κ1) is 70.0. The van der Waals surface area contributed by atoms with Gasteiger partial charge in [-0.2, -0.15) is 0 Å². The minimum Gasteiger partial charge on any atom is -0.473 e. The highest BCUT2D eigenvalue weighted by atomic mass is 32.2. The number of fused-ring (bicyclic) bond motifs is 3. The second-order valence-electron chi connectivity index (χ2n) is 22.7. The molecule has 2 fully saturated rings. The van der Waals surface area contributed by atoms with Crippen molar-refractivity contribution < 1.29 is 94.2 Å². The Kier molecular flexibility index (Phi) is 24.6. The molecular formula is C67H76N6O20S. The van der Waals surface area contributed by atoms with Gasteiger partial charge in [-0.25, -0.2) is 22.8 Å². The summed E-state index contributed by atoms with van der Waals surface area (Å²) in [6.45, 7) is 2.62. The van der Waals surface area contributed by atoms with E-state index < -0.39 is 108 Å². The highest BCUT2D eigenvalue weighted by Gasteiger charge is 2.56. The van der Waals surface area contributed by atoms with Crippen LogP contribution in [0.2, 0.25) is 0 Å². The monoisotopic (exact) mass is 1320 g/mol. The molecule has 2 aliphatic heterocycles. The molecule has 500 valence electrons. The Morgan fingerprint density at radius 1 is 0.766 bits per heavy atom. The predicted molar refractivity (Wildman–Crippen MR) is 338 cm³/mol. The van der Waals surface area contributed by atoms with E-state index in [9.17, 15) is 51.6 Å². The Morgan fingerprint density at radius 2 is 1.45 bits per heavy atom. The molecule has 4 aromatic carbocycles. The number of likely N-dealkylation sites (N-methyl/N-ethyl adjacent to an activating group) is 1. The molecule has 0 spiro atoms. The van der Waals surface area contributed by atoms with E-state index in [0.717, 1.165) is 104 Å². The van der Waals surface area contributed by atoms with E-state index in [-0.39, 0.29) is 53.6 Å². The third kappa shape index (κ3) is 19.8. The van der Waals surface area contributed by atoms with Crippen LogP contribution in [0.15, 0.2) is 122 Å². The lowest BCUT2D eigenvalue weighted by Gasteiger charge is -2.43. The number of hydrogen-bond acceptors (Lipinski definition) is 21. The molecule has 0 saturated carbocycles. The van der Waals surface area contributed by atoms with Gasteiger partial charge in [-0.1, -0.05) is 79.6 Å². The number of aromatic nitrogens is 1. The molecule has 5 aromatic rings. The zero-order valence-corrected chi connectivity index (χ0v) is 53.7. The van der Waals surface area contributed by atoms with Crippen molar-refractivity contribution in [3.63, 3.8) is 0 Å². The van der Waals surface area contributed by atoms with Gasteiger partial charge in [0, 0.05) is 90.2 Å². The molecule has 3 heterocycles. The largest absolute Gasteiger partial charge is 0.473 e. The number of piperidine rings is 1. The van der Waals surface area contributed by atoms with Gasteiger partial charge in [0.1, 0.15) is 41.1 Å². The molecule has 3 aliphatic rings. The van der Waals surface area contributed by atoms with Gasteiger partial charge < -0.3 is 63.1 Å². The van der Waals surface area contributed by atoms with Crippen molar-refractivity contribution in [2.45, 2.75) is 96.1 Å². The van der Waals surface area contributed by atoms with Crippen molar-refractivity contribution in [3.05, 3.63) is 149 Å². The molecule has 26 nitrogen and oxygen atoms in total. The minimum atomic E-state index is -3.65. The van der Waals surface area contributed by atoms with Gasteiger partial charge >= 0.3 is 36.1 Å². The van der Waals surface area contributed by atoms with Crippen LogP contribution >= 0.6 is 0 Å². The summed E-state index contributed by atoms with van der Waals surface area (Å²) in [5.74, 6) is -5.54. The van der Waals surface area contributed by atoms with Gasteiger partial charge in [-0.15, -0.1) is 0 Å². The van der Waals surface area contributed by atoms with Crippen LogP contribution in [0, 0.1) is 5.92 Å². The molecular weight excluding hydrogens is 1240 g/mol. The topological polar surface area (TPSA) is 318 Å². The van der Waals surface area contributed by atoms with Crippen molar-refractivity contribution in [1.82, 2.24) is 25.0 Å². The van der Waals surface area contributed by atoms with Crippen LogP contribution in [0.4, 0.5) is 15.3 Å². The number of nitrogens with one attached hydrogen (secondary N) is 2. The van der Waals surface area contributed by atoms with Crippen LogP contribution < -0.4 is 20.1 Å². The summed E-state index contributed by atoms with van der Waals surface area (Å²) < 4.78 is 76.0. The average Bonchev–Trinajstić information content (AvgIpc) is 1.44. The lowest BCUT2D eigenvalue weighted by atomic mass is 9.91. The molecule has 5 amide bonds. The number of ether oxygens (including phenoxy) is 9. The summed E-state index contributed by atoms with van der Waals surface area (Å²) >= 11 is 0. The first-order valence-electron chi connectivity index (χ1n) is 30.4. The van der Waals surface area contributed by atoms with Gasteiger partial charge in [0.2, 0.25) is 24.2 Å². The molecule has 27 heteroatoms. The maximum absolute atomic E-state index is 14.1. The molecule has 1 aliphatic carbocycles. The van der Waals surface area contributed by atoms with Crippen LogP contribution in [-0.4, -0.2) is 185 Å². The van der Waals surface area contributed by atoms with Crippen LogP contribution in [-0.2, 0) is 78.4 Å². The lowest BCUT2D eigenvalue weighted by Crippen LogP contribution is -2.64. The number of unbranched alkanes of at least 4 members (excludes halogenated alkanes) is 1. The number of nitrogens with zero attached hydrogens (tertiary/aromatic N) is 4. The molecule has 2 N–H and O–H groups in total. The second-order valence-corrected chi connectivity index (χ2v) is 25.0. The van der Waals surface area contributed by atoms with Gasteiger partial charge in [0.15, 0.2) is 25.0 Å². The quantitative estimate of drug-likeness (QED) is 0.0179. The van der Waals surface area contributed by atoms with Crippen LogP contribution in [0.5, 0.6) is 11.5 Å². The lowest BCUT2D eigenvalue weighted by molar-refractivity contribution is -0.282. The van der Waals surface area contributed by atoms with Gasteiger partial charge in [-0.05, 0) is 101 Å². The Bertz CT molecular complexity index is 3650. The molecule has 94 heavy (non-hydrogen) atoms. The SMILES string of the molecule is COC(=O)[C@H]1O[C@@H](Oc2ccc(COC(=O)N(CCS(C)(=O)=O)COc3cccc(C(=O)N4CCC(CCCCNC(=O)/C=C/c5cccnc5)CC4)c3)cc2NC(=O)CN(C)C(=O)OCC2c3ccccc3-c3ccccc32)[C@H](OC(C)=O)[C@@H](OC(C)=O)[C@@H]1OC(C)=O. The summed E-state index contributed by atoms with van der Waals surface area (Å²) in [7, 11) is -1.29. The van der Waals surface area contributed by atoms with E-state index in [1.54, 1.807) is 47.6 Å². The third-order valence-corrected chi connectivity index (χ3v) is 16.5. The van der Waals surface area contributed by atoms with Gasteiger partial charge in [0.05, 0.1) is 18.6 Å². The Morgan fingerprint density at radius 3 is 2.11 bits per heavy atom. The number of benzene rings is 4. The minimum absolute atomic E-state index is 0.0460. The number of carbonyl (C=O) groups excluding carboxylic acids is 9. The van der Waals surface area contributed by atoms with E-state index in [1.807, 2.05) is 54.6 Å². The number of hydrogen-bond donors (Lipinski definition) is 2. The molecule has 8 rings (SSSR count). The smallest absolute Gasteiger partial charge is 0.412 e. The fraction of sp³-hybridized carbons (Fsp3) is 0.403. The number of carbonyl (C=O) groups is 9. The summed E-state index contributed by atoms with van der Waals surface area (Å²) in [6, 6.07) is 29.6.